The minimum Gasteiger partial charge on any atom is -0.478 e. The second kappa shape index (κ2) is 6.65. The summed E-state index contributed by atoms with van der Waals surface area (Å²) in [6, 6.07) is 7.68. The maximum Gasteiger partial charge on any atom is 0.339 e. The van der Waals surface area contributed by atoms with Gasteiger partial charge in [-0.2, -0.15) is 9.49 Å². The van der Waals surface area contributed by atoms with Gasteiger partial charge in [0.15, 0.2) is 11.4 Å². The lowest BCUT2D eigenvalue weighted by atomic mass is 10.1. The van der Waals surface area contributed by atoms with Crippen molar-refractivity contribution in [1.82, 2.24) is 29.4 Å². The number of carboxylic acid groups (broad SMARTS) is 1. The summed E-state index contributed by atoms with van der Waals surface area (Å²) in [5.74, 6) is -1.97. The molecular weight excluding hydrogens is 367 g/mol. The topological polar surface area (TPSA) is 115 Å². The third-order valence-corrected chi connectivity index (χ3v) is 4.14. The fourth-order valence-corrected chi connectivity index (χ4v) is 2.87. The Morgan fingerprint density at radius 1 is 1.21 bits per heavy atom. The number of aromatic carboxylic acids is 1. The Morgan fingerprint density at radius 2 is 2.04 bits per heavy atom. The molecule has 140 valence electrons. The molecule has 0 saturated heterocycles. The molecule has 9 nitrogen and oxygen atoms in total. The number of Topliss-reactive ketones (excluding diaryl/α,β-unsaturated/α-hetero) is 1. The number of nitrogens with zero attached hydrogens (tertiary/aromatic N) is 6. The zero-order chi connectivity index (χ0) is 19.8. The standard InChI is InChI=1S/C18H13FN6O3/c1-24-16(11(9-20-24)18(27)28)13(26)7-10-5-6-25-15(8-10)22-17(23-25)12-3-2-4-14(19)21-12/h2-6,8-9H,7H2,1H3,(H,27,28). The second-order valence-electron chi connectivity index (χ2n) is 6.05. The van der Waals surface area contributed by atoms with Crippen molar-refractivity contribution < 1.29 is 19.1 Å². The predicted octanol–water partition coefficient (Wildman–Crippen LogP) is 1.79. The highest BCUT2D eigenvalue weighted by atomic mass is 19.1. The Bertz CT molecular complexity index is 1230. The van der Waals surface area contributed by atoms with Crippen LogP contribution in [-0.4, -0.2) is 46.2 Å². The average molecular weight is 380 g/mol. The molecule has 0 atom stereocenters. The summed E-state index contributed by atoms with van der Waals surface area (Å²) in [5, 5.41) is 17.3. The van der Waals surface area contributed by atoms with Crippen molar-refractivity contribution in [2.24, 2.45) is 7.05 Å². The predicted molar refractivity (Wildman–Crippen MR) is 94.4 cm³/mol. The fourth-order valence-electron chi connectivity index (χ4n) is 2.87. The largest absolute Gasteiger partial charge is 0.478 e. The molecule has 0 fully saturated rings. The Balaban J connectivity index is 1.64. The van der Waals surface area contributed by atoms with E-state index >= 15 is 0 Å². The molecule has 0 spiro atoms. The number of carboxylic acids is 1. The van der Waals surface area contributed by atoms with Gasteiger partial charge in [0.25, 0.3) is 0 Å². The first-order valence-electron chi connectivity index (χ1n) is 8.19. The fraction of sp³-hybridized carbons (Fsp3) is 0.111. The van der Waals surface area contributed by atoms with E-state index < -0.39 is 11.9 Å². The van der Waals surface area contributed by atoms with Gasteiger partial charge >= 0.3 is 5.97 Å². The summed E-state index contributed by atoms with van der Waals surface area (Å²) in [6.45, 7) is 0. The van der Waals surface area contributed by atoms with Crippen LogP contribution >= 0.6 is 0 Å². The van der Waals surface area contributed by atoms with Crippen molar-refractivity contribution in [3.8, 4) is 11.5 Å². The smallest absolute Gasteiger partial charge is 0.339 e. The van der Waals surface area contributed by atoms with E-state index in [-0.39, 0.29) is 29.3 Å². The Hall–Kier alpha value is -3.95. The highest BCUT2D eigenvalue weighted by molar-refractivity contribution is 6.05. The number of aromatic nitrogens is 6. The first-order valence-corrected chi connectivity index (χ1v) is 8.19. The number of rotatable bonds is 5. The van der Waals surface area contributed by atoms with E-state index in [0.717, 1.165) is 6.20 Å². The number of aryl methyl sites for hydroxylation is 1. The third-order valence-electron chi connectivity index (χ3n) is 4.14. The first-order chi connectivity index (χ1) is 13.4. The monoisotopic (exact) mass is 380 g/mol. The molecule has 0 saturated carbocycles. The van der Waals surface area contributed by atoms with Gasteiger partial charge in [-0.05, 0) is 29.8 Å². The first kappa shape index (κ1) is 17.5. The number of pyridine rings is 2. The van der Waals surface area contributed by atoms with Gasteiger partial charge in [-0.1, -0.05) is 6.07 Å². The summed E-state index contributed by atoms with van der Waals surface area (Å²) in [4.78, 5) is 31.9. The quantitative estimate of drug-likeness (QED) is 0.414. The van der Waals surface area contributed by atoms with Gasteiger partial charge in [0, 0.05) is 19.7 Å². The van der Waals surface area contributed by atoms with Crippen molar-refractivity contribution in [2.45, 2.75) is 6.42 Å². The highest BCUT2D eigenvalue weighted by Gasteiger charge is 2.22. The lowest BCUT2D eigenvalue weighted by Gasteiger charge is -2.04. The molecule has 0 aromatic carbocycles. The Morgan fingerprint density at radius 3 is 2.79 bits per heavy atom. The molecule has 1 N–H and O–H groups in total. The second-order valence-corrected chi connectivity index (χ2v) is 6.05. The maximum atomic E-state index is 13.3. The van der Waals surface area contributed by atoms with Gasteiger partial charge < -0.3 is 5.11 Å². The summed E-state index contributed by atoms with van der Waals surface area (Å²) in [7, 11) is 1.51. The zero-order valence-corrected chi connectivity index (χ0v) is 14.6. The van der Waals surface area contributed by atoms with Gasteiger partial charge in [0.2, 0.25) is 11.8 Å². The van der Waals surface area contributed by atoms with Gasteiger partial charge in [0.1, 0.15) is 17.0 Å². The maximum absolute atomic E-state index is 13.3. The van der Waals surface area contributed by atoms with E-state index in [1.165, 1.54) is 28.4 Å². The van der Waals surface area contributed by atoms with E-state index in [1.807, 2.05) is 0 Å². The van der Waals surface area contributed by atoms with E-state index in [4.69, 9.17) is 0 Å². The SMILES string of the molecule is Cn1ncc(C(=O)O)c1C(=O)Cc1ccn2nc(-c3cccc(F)n3)nc2c1. The molecule has 0 bridgehead atoms. The number of fused-ring (bicyclic) bond motifs is 1. The Kier molecular flexibility index (Phi) is 4.15. The molecule has 0 radical (unpaired) electrons. The van der Waals surface area contributed by atoms with Crippen LogP contribution in [0.4, 0.5) is 4.39 Å². The van der Waals surface area contributed by atoms with Crippen LogP contribution in [0.2, 0.25) is 0 Å². The van der Waals surface area contributed by atoms with Crippen molar-refractivity contribution >= 4 is 17.4 Å². The van der Waals surface area contributed by atoms with Crippen molar-refractivity contribution in [1.29, 1.82) is 0 Å². The normalized spacial score (nSPS) is 11.1. The van der Waals surface area contributed by atoms with Crippen LogP contribution < -0.4 is 0 Å². The number of halogens is 1. The van der Waals surface area contributed by atoms with Crippen LogP contribution in [0, 0.1) is 5.95 Å². The molecule has 0 unspecified atom stereocenters. The molecule has 4 aromatic heterocycles. The van der Waals surface area contributed by atoms with Crippen LogP contribution in [0.15, 0.2) is 42.7 Å². The molecule has 28 heavy (non-hydrogen) atoms. The lowest BCUT2D eigenvalue weighted by Crippen LogP contribution is -2.14. The molecule has 4 rings (SSSR count). The van der Waals surface area contributed by atoms with Crippen molar-refractivity contribution in [2.75, 3.05) is 0 Å². The average Bonchev–Trinajstić information content (AvgIpc) is 3.25. The summed E-state index contributed by atoms with van der Waals surface area (Å²) >= 11 is 0. The number of ketones is 1. The van der Waals surface area contributed by atoms with E-state index in [2.05, 4.69) is 20.2 Å². The van der Waals surface area contributed by atoms with Crippen LogP contribution in [0.3, 0.4) is 0 Å². The van der Waals surface area contributed by atoms with Gasteiger partial charge in [-0.25, -0.2) is 19.3 Å². The zero-order valence-electron chi connectivity index (χ0n) is 14.6. The minimum absolute atomic E-state index is 0.0264. The molecule has 0 amide bonds. The summed E-state index contributed by atoms with van der Waals surface area (Å²) < 4.78 is 16.0. The minimum atomic E-state index is -1.21. The lowest BCUT2D eigenvalue weighted by molar-refractivity contribution is 0.0691. The van der Waals surface area contributed by atoms with Crippen LogP contribution in [0.5, 0.6) is 0 Å². The molecule has 0 aliphatic heterocycles. The number of carbonyl (C=O) groups excluding carboxylic acids is 1. The molecule has 4 aromatic rings. The van der Waals surface area contributed by atoms with Crippen molar-refractivity contribution in [3.63, 3.8) is 0 Å². The molecule has 0 aliphatic carbocycles. The van der Waals surface area contributed by atoms with Crippen LogP contribution in [0.1, 0.15) is 26.4 Å². The van der Waals surface area contributed by atoms with Crippen LogP contribution in [-0.2, 0) is 13.5 Å². The number of carbonyl (C=O) groups is 2. The van der Waals surface area contributed by atoms with E-state index in [9.17, 15) is 19.1 Å². The summed E-state index contributed by atoms with van der Waals surface area (Å²) in [5.41, 5.74) is 1.26. The van der Waals surface area contributed by atoms with Crippen molar-refractivity contribution in [3.05, 3.63) is 65.5 Å². The number of hydrogen-bond donors (Lipinski definition) is 1. The van der Waals surface area contributed by atoms with Crippen LogP contribution in [0.25, 0.3) is 17.2 Å². The van der Waals surface area contributed by atoms with E-state index in [0.29, 0.717) is 16.9 Å². The molecule has 4 heterocycles. The number of hydrogen-bond acceptors (Lipinski definition) is 6. The summed E-state index contributed by atoms with van der Waals surface area (Å²) in [6.07, 6.45) is 2.74. The highest BCUT2D eigenvalue weighted by Crippen LogP contribution is 2.17. The molecule has 0 aliphatic rings. The Labute approximate surface area is 157 Å². The van der Waals surface area contributed by atoms with Gasteiger partial charge in [-0.15, -0.1) is 5.10 Å². The van der Waals surface area contributed by atoms with Gasteiger partial charge in [-0.3, -0.25) is 9.48 Å². The van der Waals surface area contributed by atoms with Gasteiger partial charge in [0.05, 0.1) is 6.20 Å². The van der Waals surface area contributed by atoms with E-state index in [1.54, 1.807) is 24.4 Å². The molecular formula is C18H13FN6O3. The molecule has 10 heteroatoms. The third kappa shape index (κ3) is 3.11.